The number of rotatable bonds is 5. The summed E-state index contributed by atoms with van der Waals surface area (Å²) < 4.78 is 40.9. The number of amides is 1. The molecule has 1 heterocycles. The van der Waals surface area contributed by atoms with Crippen molar-refractivity contribution < 1.29 is 17.6 Å². The predicted octanol–water partition coefficient (Wildman–Crippen LogP) is 3.97. The topological polar surface area (TPSA) is 66.5 Å². The molecule has 0 atom stereocenters. The molecule has 1 aliphatic heterocycles. The lowest BCUT2D eigenvalue weighted by Gasteiger charge is -2.29. The van der Waals surface area contributed by atoms with Crippen LogP contribution >= 0.6 is 0 Å². The lowest BCUT2D eigenvalue weighted by atomic mass is 9.98. The third-order valence-electron chi connectivity index (χ3n) is 5.05. The summed E-state index contributed by atoms with van der Waals surface area (Å²) in [4.78, 5) is 14.5. The summed E-state index contributed by atoms with van der Waals surface area (Å²) in [6, 6.07) is 20.0. The second kappa shape index (κ2) is 8.28. The van der Waals surface area contributed by atoms with E-state index in [1.807, 2.05) is 24.3 Å². The zero-order valence-corrected chi connectivity index (χ0v) is 17.0. The van der Waals surface area contributed by atoms with Crippen molar-refractivity contribution in [1.29, 1.82) is 0 Å². The Balaban J connectivity index is 1.49. The molecule has 0 saturated carbocycles. The first-order valence-corrected chi connectivity index (χ1v) is 11.3. The second-order valence-corrected chi connectivity index (χ2v) is 9.04. The van der Waals surface area contributed by atoms with Crippen molar-refractivity contribution in [1.82, 2.24) is 4.90 Å². The molecule has 0 bridgehead atoms. The van der Waals surface area contributed by atoms with Crippen molar-refractivity contribution in [2.24, 2.45) is 0 Å². The molecule has 0 aromatic heterocycles. The van der Waals surface area contributed by atoms with E-state index < -0.39 is 15.8 Å². The molecule has 3 aromatic rings. The van der Waals surface area contributed by atoms with Gasteiger partial charge in [-0.1, -0.05) is 36.4 Å². The Kier molecular flexibility index (Phi) is 5.55. The van der Waals surface area contributed by atoms with Gasteiger partial charge in [-0.2, -0.15) is 0 Å². The molecule has 1 N–H and O–H groups in total. The molecule has 0 fully saturated rings. The summed E-state index contributed by atoms with van der Waals surface area (Å²) in [6.07, 6.45) is 0.713. The van der Waals surface area contributed by atoms with E-state index in [9.17, 15) is 17.6 Å². The molecule has 0 saturated heterocycles. The SMILES string of the molecule is O=C(c1ccccc1)N1CCc2ccc(NS(=O)(=O)Cc3cccc(F)c3)cc2C1. The van der Waals surface area contributed by atoms with Crippen molar-refractivity contribution in [3.63, 3.8) is 0 Å². The monoisotopic (exact) mass is 424 g/mol. The minimum atomic E-state index is -3.70. The number of nitrogens with zero attached hydrogens (tertiary/aromatic N) is 1. The van der Waals surface area contributed by atoms with Crippen LogP contribution in [0, 0.1) is 5.82 Å². The highest BCUT2D eigenvalue weighted by atomic mass is 32.2. The molecule has 154 valence electrons. The highest BCUT2D eigenvalue weighted by Crippen LogP contribution is 2.25. The van der Waals surface area contributed by atoms with Gasteiger partial charge >= 0.3 is 0 Å². The average molecular weight is 424 g/mol. The minimum absolute atomic E-state index is 0.0432. The van der Waals surface area contributed by atoms with Gasteiger partial charge in [0.05, 0.1) is 5.75 Å². The number of halogens is 1. The molecule has 1 amide bonds. The van der Waals surface area contributed by atoms with Crippen molar-refractivity contribution in [3.05, 3.63) is 101 Å². The van der Waals surface area contributed by atoms with E-state index in [0.29, 0.717) is 36.3 Å². The van der Waals surface area contributed by atoms with Crippen molar-refractivity contribution in [3.8, 4) is 0 Å². The van der Waals surface area contributed by atoms with Crippen LogP contribution in [-0.4, -0.2) is 25.8 Å². The smallest absolute Gasteiger partial charge is 0.254 e. The number of fused-ring (bicyclic) bond motifs is 1. The fourth-order valence-corrected chi connectivity index (χ4v) is 4.80. The number of carbonyl (C=O) groups excluding carboxylic acids is 1. The Labute approximate surface area is 175 Å². The van der Waals surface area contributed by atoms with Gasteiger partial charge in [-0.3, -0.25) is 9.52 Å². The maximum absolute atomic E-state index is 13.3. The van der Waals surface area contributed by atoms with Crippen molar-refractivity contribution >= 4 is 21.6 Å². The number of benzene rings is 3. The van der Waals surface area contributed by atoms with Gasteiger partial charge in [0.1, 0.15) is 5.82 Å². The molecule has 0 aliphatic carbocycles. The van der Waals surface area contributed by atoms with E-state index in [2.05, 4.69) is 4.72 Å². The highest BCUT2D eigenvalue weighted by Gasteiger charge is 2.22. The zero-order chi connectivity index (χ0) is 21.1. The van der Waals surface area contributed by atoms with Crippen LogP contribution in [0.2, 0.25) is 0 Å². The van der Waals surface area contributed by atoms with Gasteiger partial charge in [-0.05, 0) is 59.5 Å². The van der Waals surface area contributed by atoms with E-state index in [1.165, 1.54) is 18.2 Å². The number of hydrogen-bond acceptors (Lipinski definition) is 3. The third-order valence-corrected chi connectivity index (χ3v) is 6.31. The fraction of sp³-hybridized carbons (Fsp3) is 0.174. The second-order valence-electron chi connectivity index (χ2n) is 7.32. The average Bonchev–Trinajstić information content (AvgIpc) is 2.72. The Morgan fingerprint density at radius 2 is 1.77 bits per heavy atom. The molecule has 5 nitrogen and oxygen atoms in total. The summed E-state index contributed by atoms with van der Waals surface area (Å²) in [5.74, 6) is -0.835. The molecule has 30 heavy (non-hydrogen) atoms. The number of nitrogens with one attached hydrogen (secondary N) is 1. The minimum Gasteiger partial charge on any atom is -0.334 e. The van der Waals surface area contributed by atoms with Gasteiger partial charge in [0.25, 0.3) is 5.91 Å². The van der Waals surface area contributed by atoms with Gasteiger partial charge in [-0.15, -0.1) is 0 Å². The number of carbonyl (C=O) groups is 1. The van der Waals surface area contributed by atoms with Gasteiger partial charge in [0, 0.05) is 24.3 Å². The van der Waals surface area contributed by atoms with E-state index in [1.54, 1.807) is 35.2 Å². The molecular formula is C23H21FN2O3S. The lowest BCUT2D eigenvalue weighted by Crippen LogP contribution is -2.36. The molecular weight excluding hydrogens is 403 g/mol. The van der Waals surface area contributed by atoms with Crippen molar-refractivity contribution in [2.45, 2.75) is 18.7 Å². The lowest BCUT2D eigenvalue weighted by molar-refractivity contribution is 0.0734. The first-order chi connectivity index (χ1) is 14.4. The maximum atomic E-state index is 13.3. The molecule has 1 aliphatic rings. The van der Waals surface area contributed by atoms with Gasteiger partial charge in [0.15, 0.2) is 0 Å². The Bertz CT molecular complexity index is 1180. The first-order valence-electron chi connectivity index (χ1n) is 9.61. The molecule has 0 unspecified atom stereocenters. The molecule has 0 spiro atoms. The largest absolute Gasteiger partial charge is 0.334 e. The quantitative estimate of drug-likeness (QED) is 0.674. The number of hydrogen-bond donors (Lipinski definition) is 1. The van der Waals surface area contributed by atoms with Crippen LogP contribution in [0.4, 0.5) is 10.1 Å². The third kappa shape index (κ3) is 4.68. The maximum Gasteiger partial charge on any atom is 0.254 e. The molecule has 7 heteroatoms. The zero-order valence-electron chi connectivity index (χ0n) is 16.2. The normalized spacial score (nSPS) is 13.6. The van der Waals surface area contributed by atoms with Crippen LogP contribution in [0.3, 0.4) is 0 Å². The van der Waals surface area contributed by atoms with Gasteiger partial charge < -0.3 is 4.90 Å². The molecule has 3 aromatic carbocycles. The standard InChI is InChI=1S/C23H21FN2O3S/c24-21-8-4-5-17(13-21)16-30(28,29)25-22-10-9-18-11-12-26(15-20(18)14-22)23(27)19-6-2-1-3-7-19/h1-10,13-14,25H,11-12,15-16H2. The van der Waals surface area contributed by atoms with E-state index in [4.69, 9.17) is 0 Å². The van der Waals surface area contributed by atoms with Crippen LogP contribution in [0.25, 0.3) is 0 Å². The number of anilines is 1. The van der Waals surface area contributed by atoms with Crippen LogP contribution in [-0.2, 0) is 28.7 Å². The van der Waals surface area contributed by atoms with Crippen molar-refractivity contribution in [2.75, 3.05) is 11.3 Å². The Morgan fingerprint density at radius 3 is 2.53 bits per heavy atom. The van der Waals surface area contributed by atoms with Crippen LogP contribution in [0.1, 0.15) is 27.0 Å². The van der Waals surface area contributed by atoms with E-state index >= 15 is 0 Å². The number of sulfonamides is 1. The summed E-state index contributed by atoms with van der Waals surface area (Å²) in [6.45, 7) is 1.04. The fourth-order valence-electron chi connectivity index (χ4n) is 3.62. The predicted molar refractivity (Wildman–Crippen MR) is 114 cm³/mol. The van der Waals surface area contributed by atoms with E-state index in [0.717, 1.165) is 11.1 Å². The summed E-state index contributed by atoms with van der Waals surface area (Å²) in [5, 5.41) is 0. The molecule has 4 rings (SSSR count). The highest BCUT2D eigenvalue weighted by molar-refractivity contribution is 7.91. The van der Waals surface area contributed by atoms with Crippen LogP contribution < -0.4 is 4.72 Å². The summed E-state index contributed by atoms with van der Waals surface area (Å²) in [7, 11) is -3.70. The van der Waals surface area contributed by atoms with Gasteiger partial charge in [0.2, 0.25) is 10.0 Å². The Morgan fingerprint density at radius 1 is 0.967 bits per heavy atom. The summed E-state index contributed by atoms with van der Waals surface area (Å²) in [5.41, 5.74) is 3.45. The Hall–Kier alpha value is -3.19. The van der Waals surface area contributed by atoms with Crippen LogP contribution in [0.5, 0.6) is 0 Å². The van der Waals surface area contributed by atoms with Gasteiger partial charge in [-0.25, -0.2) is 12.8 Å². The summed E-state index contributed by atoms with van der Waals surface area (Å²) >= 11 is 0. The first kappa shape index (κ1) is 20.1. The van der Waals surface area contributed by atoms with E-state index in [-0.39, 0.29) is 11.7 Å². The molecule has 0 radical (unpaired) electrons. The van der Waals surface area contributed by atoms with Crippen LogP contribution in [0.15, 0.2) is 72.8 Å².